The highest BCUT2D eigenvalue weighted by Gasteiger charge is 2.31. The summed E-state index contributed by atoms with van der Waals surface area (Å²) in [6, 6.07) is 0. The van der Waals surface area contributed by atoms with Crippen LogP contribution in [0.3, 0.4) is 0 Å². The van der Waals surface area contributed by atoms with Crippen molar-refractivity contribution in [3.05, 3.63) is 0 Å². The first-order valence-electron chi connectivity index (χ1n) is 5.34. The molecular formula is C10H21NO4. The van der Waals surface area contributed by atoms with E-state index in [2.05, 4.69) is 5.32 Å². The number of nitrogens with one attached hydrogen (secondary N) is 1. The molecule has 90 valence electrons. The Bertz CT molecular complexity index is 160. The highest BCUT2D eigenvalue weighted by molar-refractivity contribution is 4.84. The van der Waals surface area contributed by atoms with E-state index >= 15 is 0 Å². The molecule has 0 amide bonds. The van der Waals surface area contributed by atoms with Crippen molar-refractivity contribution in [1.82, 2.24) is 5.32 Å². The van der Waals surface area contributed by atoms with Crippen molar-refractivity contribution in [3.63, 3.8) is 0 Å². The Morgan fingerprint density at radius 3 is 2.93 bits per heavy atom. The lowest BCUT2D eigenvalue weighted by atomic mass is 10.0. The van der Waals surface area contributed by atoms with E-state index in [4.69, 9.17) is 14.2 Å². The van der Waals surface area contributed by atoms with E-state index in [1.807, 2.05) is 0 Å². The summed E-state index contributed by atoms with van der Waals surface area (Å²) in [5.74, 6) is 0. The van der Waals surface area contributed by atoms with Gasteiger partial charge in [-0.1, -0.05) is 0 Å². The predicted molar refractivity (Wildman–Crippen MR) is 56.0 cm³/mol. The largest absolute Gasteiger partial charge is 0.386 e. The Morgan fingerprint density at radius 1 is 1.40 bits per heavy atom. The van der Waals surface area contributed by atoms with Crippen LogP contribution in [-0.4, -0.2) is 63.9 Å². The number of methoxy groups -OCH3 is 1. The highest BCUT2D eigenvalue weighted by Crippen LogP contribution is 2.16. The van der Waals surface area contributed by atoms with E-state index in [0.717, 1.165) is 6.54 Å². The van der Waals surface area contributed by atoms with Crippen molar-refractivity contribution in [2.45, 2.75) is 12.0 Å². The Morgan fingerprint density at radius 2 is 2.27 bits per heavy atom. The van der Waals surface area contributed by atoms with Crippen LogP contribution in [0.1, 0.15) is 6.42 Å². The fourth-order valence-electron chi connectivity index (χ4n) is 1.45. The molecule has 0 saturated carbocycles. The second kappa shape index (κ2) is 7.14. The van der Waals surface area contributed by atoms with Gasteiger partial charge in [0.25, 0.3) is 0 Å². The molecule has 1 aliphatic heterocycles. The van der Waals surface area contributed by atoms with Crippen molar-refractivity contribution >= 4 is 0 Å². The first-order valence-corrected chi connectivity index (χ1v) is 5.34. The van der Waals surface area contributed by atoms with Crippen LogP contribution in [0.2, 0.25) is 0 Å². The number of rotatable bonds is 8. The van der Waals surface area contributed by atoms with Gasteiger partial charge in [-0.15, -0.1) is 0 Å². The zero-order valence-electron chi connectivity index (χ0n) is 9.33. The quantitative estimate of drug-likeness (QED) is 0.533. The van der Waals surface area contributed by atoms with Gasteiger partial charge in [0.15, 0.2) is 0 Å². The standard InChI is InChI=1S/C10H21NO4/c1-13-6-7-14-5-3-11-8-10(12)2-4-15-9-10/h11-12H,2-9H2,1H3. The normalized spacial score (nSPS) is 26.0. The van der Waals surface area contributed by atoms with Gasteiger partial charge < -0.3 is 24.6 Å². The molecule has 0 spiro atoms. The van der Waals surface area contributed by atoms with Gasteiger partial charge >= 0.3 is 0 Å². The smallest absolute Gasteiger partial charge is 0.102 e. The van der Waals surface area contributed by atoms with Crippen LogP contribution < -0.4 is 5.32 Å². The molecule has 15 heavy (non-hydrogen) atoms. The highest BCUT2D eigenvalue weighted by atomic mass is 16.5. The second-order valence-electron chi connectivity index (χ2n) is 3.81. The third-order valence-corrected chi connectivity index (χ3v) is 2.39. The van der Waals surface area contributed by atoms with Gasteiger partial charge in [-0.2, -0.15) is 0 Å². The topological polar surface area (TPSA) is 60.0 Å². The van der Waals surface area contributed by atoms with Crippen molar-refractivity contribution in [3.8, 4) is 0 Å². The van der Waals surface area contributed by atoms with Crippen LogP contribution in [0.15, 0.2) is 0 Å². The summed E-state index contributed by atoms with van der Waals surface area (Å²) in [5, 5.41) is 13.0. The summed E-state index contributed by atoms with van der Waals surface area (Å²) in [7, 11) is 1.65. The molecule has 0 bridgehead atoms. The van der Waals surface area contributed by atoms with Crippen LogP contribution in [0.25, 0.3) is 0 Å². The van der Waals surface area contributed by atoms with Crippen LogP contribution in [-0.2, 0) is 14.2 Å². The molecule has 1 fully saturated rings. The number of hydrogen-bond acceptors (Lipinski definition) is 5. The monoisotopic (exact) mass is 219 g/mol. The molecule has 1 heterocycles. The average molecular weight is 219 g/mol. The van der Waals surface area contributed by atoms with Crippen molar-refractivity contribution in [2.24, 2.45) is 0 Å². The SMILES string of the molecule is COCCOCCNCC1(O)CCOC1. The van der Waals surface area contributed by atoms with Crippen LogP contribution in [0.5, 0.6) is 0 Å². The van der Waals surface area contributed by atoms with Gasteiger partial charge in [-0.3, -0.25) is 0 Å². The summed E-state index contributed by atoms with van der Waals surface area (Å²) in [6.07, 6.45) is 0.713. The van der Waals surface area contributed by atoms with Gasteiger partial charge in [0.1, 0.15) is 5.60 Å². The summed E-state index contributed by atoms with van der Waals surface area (Å²) in [4.78, 5) is 0. The molecular weight excluding hydrogens is 198 g/mol. The minimum absolute atomic E-state index is 0.435. The minimum atomic E-state index is -0.674. The molecule has 0 aromatic rings. The fourth-order valence-corrected chi connectivity index (χ4v) is 1.45. The van der Waals surface area contributed by atoms with E-state index in [0.29, 0.717) is 46.0 Å². The molecule has 0 radical (unpaired) electrons. The lowest BCUT2D eigenvalue weighted by molar-refractivity contribution is 0.0237. The fraction of sp³-hybridized carbons (Fsp3) is 1.00. The van der Waals surface area contributed by atoms with Gasteiger partial charge in [0, 0.05) is 33.2 Å². The molecule has 0 aromatic carbocycles. The molecule has 1 atom stereocenters. The van der Waals surface area contributed by atoms with Crippen molar-refractivity contribution in [1.29, 1.82) is 0 Å². The zero-order valence-corrected chi connectivity index (χ0v) is 9.33. The molecule has 0 aliphatic carbocycles. The van der Waals surface area contributed by atoms with Gasteiger partial charge in [-0.05, 0) is 0 Å². The molecule has 2 N–H and O–H groups in total. The zero-order chi connectivity index (χ0) is 11.0. The summed E-state index contributed by atoms with van der Waals surface area (Å²) in [6.45, 7) is 4.28. The minimum Gasteiger partial charge on any atom is -0.386 e. The van der Waals surface area contributed by atoms with Gasteiger partial charge in [0.05, 0.1) is 26.4 Å². The Kier molecular flexibility index (Phi) is 6.12. The molecule has 5 heteroatoms. The summed E-state index contributed by atoms with van der Waals surface area (Å²) in [5.41, 5.74) is -0.674. The molecule has 1 aliphatic rings. The molecule has 0 aromatic heterocycles. The van der Waals surface area contributed by atoms with Crippen molar-refractivity contribution < 1.29 is 19.3 Å². The maximum absolute atomic E-state index is 9.88. The maximum atomic E-state index is 9.88. The van der Waals surface area contributed by atoms with Gasteiger partial charge in [-0.25, -0.2) is 0 Å². The van der Waals surface area contributed by atoms with Crippen LogP contribution in [0.4, 0.5) is 0 Å². The molecule has 1 unspecified atom stereocenters. The van der Waals surface area contributed by atoms with E-state index in [9.17, 15) is 5.11 Å². The second-order valence-corrected chi connectivity index (χ2v) is 3.81. The first kappa shape index (κ1) is 12.9. The predicted octanol–water partition coefficient (Wildman–Crippen LogP) is -0.610. The molecule has 1 saturated heterocycles. The third-order valence-electron chi connectivity index (χ3n) is 2.39. The Hall–Kier alpha value is -0.200. The third kappa shape index (κ3) is 5.44. The van der Waals surface area contributed by atoms with E-state index < -0.39 is 5.60 Å². The average Bonchev–Trinajstić information content (AvgIpc) is 2.64. The lowest BCUT2D eigenvalue weighted by Crippen LogP contribution is -2.42. The van der Waals surface area contributed by atoms with Crippen molar-refractivity contribution in [2.75, 3.05) is 53.2 Å². The number of aliphatic hydroxyl groups is 1. The van der Waals surface area contributed by atoms with E-state index in [1.165, 1.54) is 0 Å². The Labute approximate surface area is 90.7 Å². The number of ether oxygens (including phenoxy) is 3. The van der Waals surface area contributed by atoms with Gasteiger partial charge in [0.2, 0.25) is 0 Å². The van der Waals surface area contributed by atoms with Crippen LogP contribution in [0, 0.1) is 0 Å². The summed E-state index contributed by atoms with van der Waals surface area (Å²) < 4.78 is 15.2. The van der Waals surface area contributed by atoms with Crippen LogP contribution >= 0.6 is 0 Å². The first-order chi connectivity index (χ1) is 7.27. The van der Waals surface area contributed by atoms with E-state index in [-0.39, 0.29) is 0 Å². The molecule has 5 nitrogen and oxygen atoms in total. The number of hydrogen-bond donors (Lipinski definition) is 2. The Balaban J connectivity index is 1.88. The maximum Gasteiger partial charge on any atom is 0.102 e. The molecule has 1 rings (SSSR count). The lowest BCUT2D eigenvalue weighted by Gasteiger charge is -2.20. The van der Waals surface area contributed by atoms with E-state index in [1.54, 1.807) is 7.11 Å². The summed E-state index contributed by atoms with van der Waals surface area (Å²) >= 11 is 0.